The molecule has 0 saturated carbocycles. The van der Waals surface area contributed by atoms with Crippen molar-refractivity contribution in [1.29, 1.82) is 0 Å². The molecule has 0 atom stereocenters. The SMILES string of the molecule is CCC(=O)CCSC(=S)Sc1ccc(C)cc1. The van der Waals surface area contributed by atoms with E-state index < -0.39 is 0 Å². The zero-order valence-corrected chi connectivity index (χ0v) is 12.5. The molecule has 1 rings (SSSR count). The topological polar surface area (TPSA) is 17.1 Å². The molecule has 0 heterocycles. The smallest absolute Gasteiger partial charge is 0.133 e. The molecule has 0 fully saturated rings. The largest absolute Gasteiger partial charge is 0.300 e. The van der Waals surface area contributed by atoms with Crippen LogP contribution in [0.4, 0.5) is 0 Å². The number of rotatable bonds is 5. The van der Waals surface area contributed by atoms with Crippen molar-refractivity contribution in [3.8, 4) is 0 Å². The number of thioether (sulfide) groups is 2. The van der Waals surface area contributed by atoms with Crippen LogP contribution < -0.4 is 0 Å². The number of carbonyl (C=O) groups excluding carboxylic acids is 1. The number of hydrogen-bond donors (Lipinski definition) is 0. The highest BCUT2D eigenvalue weighted by atomic mass is 32.2. The number of thiocarbonyl (C=S) groups is 1. The minimum atomic E-state index is 0.306. The van der Waals surface area contributed by atoms with Gasteiger partial charge in [0.1, 0.15) is 9.31 Å². The van der Waals surface area contributed by atoms with Crippen molar-refractivity contribution in [2.24, 2.45) is 0 Å². The number of carbonyl (C=O) groups is 1. The average molecular weight is 284 g/mol. The fraction of sp³-hybridized carbons (Fsp3) is 0.385. The van der Waals surface area contributed by atoms with Gasteiger partial charge in [-0.15, -0.1) is 11.8 Å². The van der Waals surface area contributed by atoms with Crippen LogP contribution in [0, 0.1) is 6.92 Å². The zero-order chi connectivity index (χ0) is 12.7. The molecule has 0 amide bonds. The molecule has 1 aromatic carbocycles. The standard InChI is InChI=1S/C13H16OS3/c1-3-11(14)8-9-16-13(15)17-12-6-4-10(2)5-7-12/h4-7H,3,8-9H2,1-2H3. The fourth-order valence-electron chi connectivity index (χ4n) is 1.16. The molecule has 17 heavy (non-hydrogen) atoms. The second-order valence-electron chi connectivity index (χ2n) is 3.66. The Balaban J connectivity index is 2.30. The summed E-state index contributed by atoms with van der Waals surface area (Å²) in [4.78, 5) is 12.3. The average Bonchev–Trinajstić information content (AvgIpc) is 2.32. The molecular weight excluding hydrogens is 268 g/mol. The molecule has 0 bridgehead atoms. The van der Waals surface area contributed by atoms with Gasteiger partial charge in [-0.3, -0.25) is 4.79 Å². The van der Waals surface area contributed by atoms with E-state index in [0.29, 0.717) is 18.6 Å². The first-order chi connectivity index (χ1) is 8.11. The number of Topliss-reactive ketones (excluding diaryl/α,β-unsaturated/α-hetero) is 1. The van der Waals surface area contributed by atoms with Crippen LogP contribution in [-0.2, 0) is 4.79 Å². The zero-order valence-electron chi connectivity index (χ0n) is 10.1. The van der Waals surface area contributed by atoms with Gasteiger partial charge in [0.2, 0.25) is 0 Å². The lowest BCUT2D eigenvalue weighted by molar-refractivity contribution is -0.118. The van der Waals surface area contributed by atoms with Crippen molar-refractivity contribution >= 4 is 45.1 Å². The van der Waals surface area contributed by atoms with Crippen LogP contribution in [0.5, 0.6) is 0 Å². The lowest BCUT2D eigenvalue weighted by Gasteiger charge is -2.03. The molecule has 0 N–H and O–H groups in total. The van der Waals surface area contributed by atoms with E-state index in [0.717, 1.165) is 14.2 Å². The van der Waals surface area contributed by atoms with Crippen LogP contribution in [0.15, 0.2) is 29.2 Å². The van der Waals surface area contributed by atoms with Gasteiger partial charge in [-0.25, -0.2) is 0 Å². The Morgan fingerprint density at radius 3 is 2.53 bits per heavy atom. The van der Waals surface area contributed by atoms with Gasteiger partial charge in [-0.2, -0.15) is 0 Å². The highest BCUT2D eigenvalue weighted by Crippen LogP contribution is 2.26. The molecule has 0 aromatic heterocycles. The molecule has 0 spiro atoms. The third-order valence-electron chi connectivity index (χ3n) is 2.22. The summed E-state index contributed by atoms with van der Waals surface area (Å²) >= 11 is 8.46. The van der Waals surface area contributed by atoms with Gasteiger partial charge in [0.25, 0.3) is 0 Å². The molecule has 0 aliphatic heterocycles. The van der Waals surface area contributed by atoms with Crippen LogP contribution >= 0.6 is 35.7 Å². The summed E-state index contributed by atoms with van der Waals surface area (Å²) in [7, 11) is 0. The molecule has 92 valence electrons. The van der Waals surface area contributed by atoms with Crippen molar-refractivity contribution in [3.63, 3.8) is 0 Å². The summed E-state index contributed by atoms with van der Waals surface area (Å²) in [5.41, 5.74) is 1.25. The fourth-order valence-corrected chi connectivity index (χ4v) is 3.43. The highest BCUT2D eigenvalue weighted by molar-refractivity contribution is 8.47. The summed E-state index contributed by atoms with van der Waals surface area (Å²) in [6.45, 7) is 3.96. The summed E-state index contributed by atoms with van der Waals surface area (Å²) < 4.78 is 0.887. The number of ketones is 1. The van der Waals surface area contributed by atoms with Gasteiger partial charge in [-0.1, -0.05) is 48.6 Å². The minimum absolute atomic E-state index is 0.306. The van der Waals surface area contributed by atoms with E-state index in [9.17, 15) is 4.79 Å². The Morgan fingerprint density at radius 2 is 1.94 bits per heavy atom. The maximum absolute atomic E-state index is 11.1. The first-order valence-electron chi connectivity index (χ1n) is 5.54. The van der Waals surface area contributed by atoms with E-state index in [1.165, 1.54) is 5.56 Å². The Bertz CT molecular complexity index is 384. The second-order valence-corrected chi connectivity index (χ2v) is 7.03. The lowest BCUT2D eigenvalue weighted by atomic mass is 10.2. The van der Waals surface area contributed by atoms with E-state index in [1.54, 1.807) is 23.5 Å². The summed E-state index contributed by atoms with van der Waals surface area (Å²) in [5, 5.41) is 0. The van der Waals surface area contributed by atoms with E-state index >= 15 is 0 Å². The van der Waals surface area contributed by atoms with E-state index in [1.807, 2.05) is 6.92 Å². The summed E-state index contributed by atoms with van der Waals surface area (Å²) in [6, 6.07) is 8.31. The lowest BCUT2D eigenvalue weighted by Crippen LogP contribution is -1.97. The quantitative estimate of drug-likeness (QED) is 0.585. The Hall–Kier alpha value is -0.320. The van der Waals surface area contributed by atoms with Gasteiger partial charge in [0.05, 0.1) is 0 Å². The minimum Gasteiger partial charge on any atom is -0.300 e. The molecule has 0 saturated heterocycles. The normalized spacial score (nSPS) is 10.2. The van der Waals surface area contributed by atoms with Crippen molar-refractivity contribution in [1.82, 2.24) is 0 Å². The van der Waals surface area contributed by atoms with Gasteiger partial charge in [-0.05, 0) is 19.1 Å². The molecule has 0 unspecified atom stereocenters. The van der Waals surface area contributed by atoms with E-state index in [-0.39, 0.29) is 0 Å². The third kappa shape index (κ3) is 6.24. The first-order valence-corrected chi connectivity index (χ1v) is 7.76. The maximum Gasteiger partial charge on any atom is 0.133 e. The first kappa shape index (κ1) is 14.7. The van der Waals surface area contributed by atoms with Gasteiger partial charge in [0.15, 0.2) is 0 Å². The molecule has 0 aliphatic rings. The second kappa shape index (κ2) is 7.90. The van der Waals surface area contributed by atoms with Crippen LogP contribution in [0.3, 0.4) is 0 Å². The molecule has 0 radical (unpaired) electrons. The highest BCUT2D eigenvalue weighted by Gasteiger charge is 2.03. The van der Waals surface area contributed by atoms with Crippen molar-refractivity contribution < 1.29 is 4.79 Å². The van der Waals surface area contributed by atoms with Gasteiger partial charge >= 0.3 is 0 Å². The van der Waals surface area contributed by atoms with Crippen LogP contribution in [0.1, 0.15) is 25.3 Å². The molecular formula is C13H16OS3. The monoisotopic (exact) mass is 284 g/mol. The molecule has 0 aliphatic carbocycles. The van der Waals surface area contributed by atoms with Crippen LogP contribution in [-0.4, -0.2) is 15.1 Å². The van der Waals surface area contributed by atoms with Crippen molar-refractivity contribution in [2.75, 3.05) is 5.75 Å². The predicted molar refractivity (Wildman–Crippen MR) is 82.0 cm³/mol. The molecule has 1 aromatic rings. The number of aryl methyl sites for hydroxylation is 1. The number of benzene rings is 1. The Morgan fingerprint density at radius 1 is 1.29 bits per heavy atom. The molecule has 4 heteroatoms. The van der Waals surface area contributed by atoms with Crippen LogP contribution in [0.2, 0.25) is 0 Å². The number of hydrogen-bond acceptors (Lipinski definition) is 4. The summed E-state index contributed by atoms with van der Waals surface area (Å²) in [6.07, 6.45) is 1.24. The van der Waals surface area contributed by atoms with Crippen molar-refractivity contribution in [2.45, 2.75) is 31.6 Å². The van der Waals surface area contributed by atoms with E-state index in [2.05, 4.69) is 31.2 Å². The van der Waals surface area contributed by atoms with Gasteiger partial charge in [0, 0.05) is 23.5 Å². The summed E-state index contributed by atoms with van der Waals surface area (Å²) in [5.74, 6) is 1.10. The Labute approximate surface area is 117 Å². The molecule has 1 nitrogen and oxygen atoms in total. The van der Waals surface area contributed by atoms with Crippen LogP contribution in [0.25, 0.3) is 0 Å². The van der Waals surface area contributed by atoms with Gasteiger partial charge < -0.3 is 0 Å². The van der Waals surface area contributed by atoms with E-state index in [4.69, 9.17) is 12.2 Å². The Kier molecular flexibility index (Phi) is 6.85. The predicted octanol–water partition coefficient (Wildman–Crippen LogP) is 4.47. The third-order valence-corrected chi connectivity index (χ3v) is 4.74. The van der Waals surface area contributed by atoms with Crippen molar-refractivity contribution in [3.05, 3.63) is 29.8 Å². The maximum atomic E-state index is 11.1.